The highest BCUT2D eigenvalue weighted by Gasteiger charge is 2.39. The van der Waals surface area contributed by atoms with Gasteiger partial charge in [-0.3, -0.25) is 14.9 Å². The van der Waals surface area contributed by atoms with Crippen LogP contribution in [-0.4, -0.2) is 46.3 Å². The average Bonchev–Trinajstić information content (AvgIpc) is 3.06. The minimum absolute atomic E-state index is 0.208. The first-order valence-electron chi connectivity index (χ1n) is 9.15. The van der Waals surface area contributed by atoms with Crippen molar-refractivity contribution >= 4 is 0 Å². The summed E-state index contributed by atoms with van der Waals surface area (Å²) in [5, 5.41) is 0. The Morgan fingerprint density at radius 1 is 1.00 bits per heavy atom. The highest BCUT2D eigenvalue weighted by atomic mass is 16.5. The van der Waals surface area contributed by atoms with Gasteiger partial charge in [-0.1, -0.05) is 12.1 Å². The molecule has 0 radical (unpaired) electrons. The third-order valence-electron chi connectivity index (χ3n) is 5.12. The standard InChI is InChI=1S/C20H25N3O2/c1-3-10-21-16(5-1)13-23-12-9-20-19(23)8-7-18(25-20)15-24-14-17-6-2-4-11-22-17/h1-6,10-11,18-20H,7-9,12-15H2/t18-,19-,20-/m0/s1. The van der Waals surface area contributed by atoms with Crippen molar-refractivity contribution in [1.82, 2.24) is 14.9 Å². The van der Waals surface area contributed by atoms with Crippen molar-refractivity contribution in [3.05, 3.63) is 60.2 Å². The summed E-state index contributed by atoms with van der Waals surface area (Å²) in [7, 11) is 0. The van der Waals surface area contributed by atoms with Crippen LogP contribution in [-0.2, 0) is 22.6 Å². The summed E-state index contributed by atoms with van der Waals surface area (Å²) in [6.07, 6.45) is 7.55. The van der Waals surface area contributed by atoms with Crippen LogP contribution in [0.2, 0.25) is 0 Å². The van der Waals surface area contributed by atoms with Crippen LogP contribution in [0, 0.1) is 0 Å². The molecule has 2 aliphatic heterocycles. The van der Waals surface area contributed by atoms with E-state index >= 15 is 0 Å². The molecular weight excluding hydrogens is 314 g/mol. The van der Waals surface area contributed by atoms with E-state index in [-0.39, 0.29) is 6.10 Å². The topological polar surface area (TPSA) is 47.5 Å². The summed E-state index contributed by atoms with van der Waals surface area (Å²) >= 11 is 0. The Labute approximate surface area is 149 Å². The molecule has 5 heteroatoms. The first-order chi connectivity index (χ1) is 12.4. The molecule has 0 amide bonds. The number of hydrogen-bond acceptors (Lipinski definition) is 5. The highest BCUT2D eigenvalue weighted by molar-refractivity contribution is 5.05. The zero-order valence-corrected chi connectivity index (χ0v) is 14.5. The van der Waals surface area contributed by atoms with Crippen molar-refractivity contribution in [1.29, 1.82) is 0 Å². The normalized spacial score (nSPS) is 26.5. The van der Waals surface area contributed by atoms with Gasteiger partial charge >= 0.3 is 0 Å². The fourth-order valence-electron chi connectivity index (χ4n) is 3.88. The molecule has 0 bridgehead atoms. The van der Waals surface area contributed by atoms with Crippen molar-refractivity contribution in [3.8, 4) is 0 Å². The molecule has 0 saturated carbocycles. The van der Waals surface area contributed by atoms with Gasteiger partial charge in [-0.2, -0.15) is 0 Å². The molecule has 2 aromatic heterocycles. The van der Waals surface area contributed by atoms with Crippen LogP contribution in [0.1, 0.15) is 30.7 Å². The highest BCUT2D eigenvalue weighted by Crippen LogP contribution is 2.32. The Morgan fingerprint density at radius 3 is 2.56 bits per heavy atom. The third kappa shape index (κ3) is 4.24. The Kier molecular flexibility index (Phi) is 5.35. The van der Waals surface area contributed by atoms with Gasteiger partial charge in [0.2, 0.25) is 0 Å². The molecule has 4 heterocycles. The number of hydrogen-bond donors (Lipinski definition) is 0. The zero-order valence-electron chi connectivity index (χ0n) is 14.5. The second kappa shape index (κ2) is 8.04. The lowest BCUT2D eigenvalue weighted by atomic mass is 9.99. The van der Waals surface area contributed by atoms with Gasteiger partial charge in [0.1, 0.15) is 0 Å². The summed E-state index contributed by atoms with van der Waals surface area (Å²) in [5.41, 5.74) is 2.11. The van der Waals surface area contributed by atoms with Crippen molar-refractivity contribution < 1.29 is 9.47 Å². The molecule has 2 aliphatic rings. The molecule has 132 valence electrons. The largest absolute Gasteiger partial charge is 0.372 e. The van der Waals surface area contributed by atoms with Crippen molar-refractivity contribution in [3.63, 3.8) is 0 Å². The zero-order chi connectivity index (χ0) is 16.9. The minimum atomic E-state index is 0.208. The van der Waals surface area contributed by atoms with Crippen molar-refractivity contribution in [2.75, 3.05) is 13.2 Å². The number of aromatic nitrogens is 2. The number of pyridine rings is 2. The maximum atomic E-state index is 6.31. The van der Waals surface area contributed by atoms with Crippen LogP contribution in [0.5, 0.6) is 0 Å². The fraction of sp³-hybridized carbons (Fsp3) is 0.500. The molecule has 0 unspecified atom stereocenters. The molecule has 2 aromatic rings. The lowest BCUT2D eigenvalue weighted by Gasteiger charge is -2.35. The smallest absolute Gasteiger partial charge is 0.0889 e. The second-order valence-electron chi connectivity index (χ2n) is 6.86. The molecule has 0 N–H and O–H groups in total. The van der Waals surface area contributed by atoms with Crippen molar-refractivity contribution in [2.24, 2.45) is 0 Å². The van der Waals surface area contributed by atoms with Crippen LogP contribution >= 0.6 is 0 Å². The van der Waals surface area contributed by atoms with E-state index in [4.69, 9.17) is 9.47 Å². The molecule has 0 spiro atoms. The number of rotatable bonds is 6. The summed E-state index contributed by atoms with van der Waals surface area (Å²) in [5.74, 6) is 0. The minimum Gasteiger partial charge on any atom is -0.372 e. The predicted molar refractivity (Wildman–Crippen MR) is 94.8 cm³/mol. The monoisotopic (exact) mass is 339 g/mol. The van der Waals surface area contributed by atoms with Gasteiger partial charge in [-0.05, 0) is 43.5 Å². The van der Waals surface area contributed by atoms with E-state index in [1.807, 2.05) is 30.5 Å². The number of nitrogens with zero attached hydrogens (tertiary/aromatic N) is 3. The quantitative estimate of drug-likeness (QED) is 0.810. The van der Waals surface area contributed by atoms with Crippen LogP contribution in [0.15, 0.2) is 48.8 Å². The van der Waals surface area contributed by atoms with Crippen LogP contribution in [0.25, 0.3) is 0 Å². The van der Waals surface area contributed by atoms with E-state index < -0.39 is 0 Å². The number of ether oxygens (including phenoxy) is 2. The van der Waals surface area contributed by atoms with Crippen LogP contribution in [0.4, 0.5) is 0 Å². The first-order valence-corrected chi connectivity index (χ1v) is 9.15. The molecule has 5 nitrogen and oxygen atoms in total. The Hall–Kier alpha value is -1.82. The van der Waals surface area contributed by atoms with Crippen LogP contribution in [0.3, 0.4) is 0 Å². The Balaban J connectivity index is 1.24. The molecule has 0 aliphatic carbocycles. The van der Waals surface area contributed by atoms with Gasteiger partial charge in [0, 0.05) is 31.5 Å². The van der Waals surface area contributed by atoms with E-state index in [9.17, 15) is 0 Å². The Morgan fingerprint density at radius 2 is 1.80 bits per heavy atom. The molecule has 0 aromatic carbocycles. The van der Waals surface area contributed by atoms with Gasteiger partial charge in [-0.25, -0.2) is 0 Å². The van der Waals surface area contributed by atoms with E-state index in [2.05, 4.69) is 27.0 Å². The Bertz CT molecular complexity index is 653. The molecule has 25 heavy (non-hydrogen) atoms. The van der Waals surface area contributed by atoms with E-state index in [1.165, 1.54) is 6.42 Å². The molecule has 4 rings (SSSR count). The van der Waals surface area contributed by atoms with Crippen molar-refractivity contribution in [2.45, 2.75) is 50.7 Å². The van der Waals surface area contributed by atoms with E-state index in [1.54, 1.807) is 6.20 Å². The third-order valence-corrected chi connectivity index (χ3v) is 5.12. The first kappa shape index (κ1) is 16.6. The van der Waals surface area contributed by atoms with Gasteiger partial charge < -0.3 is 9.47 Å². The average molecular weight is 339 g/mol. The number of fused-ring (bicyclic) bond motifs is 1. The number of likely N-dealkylation sites (tertiary alicyclic amines) is 1. The van der Waals surface area contributed by atoms with E-state index in [0.29, 0.717) is 25.4 Å². The van der Waals surface area contributed by atoms with Gasteiger partial charge in [0.25, 0.3) is 0 Å². The predicted octanol–water partition coefficient (Wildman–Crippen LogP) is 2.82. The molecule has 2 fully saturated rings. The lowest BCUT2D eigenvalue weighted by molar-refractivity contribution is -0.102. The summed E-state index contributed by atoms with van der Waals surface area (Å²) < 4.78 is 12.1. The SMILES string of the molecule is c1ccc(COC[C@@H]2CC[C@H]3[C@H](CCN3Cc3ccccn3)O2)nc1. The summed E-state index contributed by atoms with van der Waals surface area (Å²) in [6.45, 7) is 3.22. The van der Waals surface area contributed by atoms with Crippen LogP contribution < -0.4 is 0 Å². The maximum Gasteiger partial charge on any atom is 0.0889 e. The summed E-state index contributed by atoms with van der Waals surface area (Å²) in [4.78, 5) is 11.3. The van der Waals surface area contributed by atoms with Gasteiger partial charge in [-0.15, -0.1) is 0 Å². The second-order valence-corrected chi connectivity index (χ2v) is 6.86. The van der Waals surface area contributed by atoms with E-state index in [0.717, 1.165) is 37.3 Å². The fourth-order valence-corrected chi connectivity index (χ4v) is 3.88. The maximum absolute atomic E-state index is 6.31. The lowest BCUT2D eigenvalue weighted by Crippen LogP contribution is -2.43. The molecule has 2 saturated heterocycles. The van der Waals surface area contributed by atoms with Gasteiger partial charge in [0.05, 0.1) is 36.8 Å². The molecule has 3 atom stereocenters. The summed E-state index contributed by atoms with van der Waals surface area (Å²) in [6, 6.07) is 12.6. The van der Waals surface area contributed by atoms with Gasteiger partial charge in [0.15, 0.2) is 0 Å². The molecular formula is C20H25N3O2.